The number of hydrogen-bond acceptors (Lipinski definition) is 6. The molecular formula is C21H25F2NO4S2. The summed E-state index contributed by atoms with van der Waals surface area (Å²) in [5.41, 5.74) is 0.114. The van der Waals surface area contributed by atoms with Gasteiger partial charge in [0.2, 0.25) is 0 Å². The first-order valence-corrected chi connectivity index (χ1v) is 12.2. The number of carbonyl (C=O) groups excluding carboxylic acids is 2. The highest BCUT2D eigenvalue weighted by Crippen LogP contribution is 2.64. The Labute approximate surface area is 183 Å². The lowest BCUT2D eigenvalue weighted by Crippen LogP contribution is -2.48. The van der Waals surface area contributed by atoms with Crippen molar-refractivity contribution in [3.63, 3.8) is 0 Å². The summed E-state index contributed by atoms with van der Waals surface area (Å²) in [5, 5.41) is 2.47. The number of amides is 1. The number of benzene rings is 1. The number of alkyl halides is 2. The van der Waals surface area contributed by atoms with Gasteiger partial charge in [-0.05, 0) is 49.7 Å². The Morgan fingerprint density at radius 1 is 1.13 bits per heavy atom. The van der Waals surface area contributed by atoms with E-state index in [0.29, 0.717) is 11.8 Å². The summed E-state index contributed by atoms with van der Waals surface area (Å²) >= 11 is 4.16. The number of anilines is 1. The van der Waals surface area contributed by atoms with Gasteiger partial charge in [0, 0.05) is 11.5 Å². The van der Waals surface area contributed by atoms with Crippen molar-refractivity contribution in [3.05, 3.63) is 24.3 Å². The maximum atomic E-state index is 12.7. The minimum Gasteiger partial charge on any atom is -0.455 e. The number of ether oxygens (including phenoxy) is 2. The lowest BCUT2D eigenvalue weighted by atomic mass is 9.67. The third-order valence-corrected chi connectivity index (χ3v) is 10.2. The molecule has 3 fully saturated rings. The molecule has 2 atom stereocenters. The fraction of sp³-hybridized carbons (Fsp3) is 0.619. The number of carbonyl (C=O) groups is 2. The molecule has 2 aliphatic carbocycles. The lowest BCUT2D eigenvalue weighted by Gasteiger charge is -2.51. The van der Waals surface area contributed by atoms with E-state index in [4.69, 9.17) is 4.74 Å². The van der Waals surface area contributed by atoms with Gasteiger partial charge in [0.1, 0.15) is 5.75 Å². The second-order valence-electron chi connectivity index (χ2n) is 7.94. The Kier molecular flexibility index (Phi) is 6.77. The Balaban J connectivity index is 1.31. The first-order valence-electron chi connectivity index (χ1n) is 10.3. The Bertz CT molecular complexity index is 772. The zero-order valence-corrected chi connectivity index (χ0v) is 18.1. The van der Waals surface area contributed by atoms with Crippen molar-refractivity contribution in [2.45, 2.75) is 42.8 Å². The van der Waals surface area contributed by atoms with Crippen LogP contribution in [0.2, 0.25) is 0 Å². The van der Waals surface area contributed by atoms with E-state index >= 15 is 0 Å². The third-order valence-electron chi connectivity index (χ3n) is 6.18. The molecular weight excluding hydrogens is 432 g/mol. The smallest absolute Gasteiger partial charge is 0.387 e. The predicted octanol–water partition coefficient (Wildman–Crippen LogP) is 4.77. The van der Waals surface area contributed by atoms with E-state index < -0.39 is 19.1 Å². The summed E-state index contributed by atoms with van der Waals surface area (Å²) in [7, 11) is 0. The lowest BCUT2D eigenvalue weighted by molar-refractivity contribution is -0.154. The van der Waals surface area contributed by atoms with Crippen LogP contribution in [0.3, 0.4) is 0 Å². The first kappa shape index (κ1) is 21.7. The molecule has 1 aliphatic heterocycles. The topological polar surface area (TPSA) is 64.6 Å². The van der Waals surface area contributed by atoms with Gasteiger partial charge in [-0.1, -0.05) is 18.6 Å². The molecule has 0 aromatic heterocycles. The average Bonchev–Trinajstić information content (AvgIpc) is 3.16. The quantitative estimate of drug-likeness (QED) is 0.621. The van der Waals surface area contributed by atoms with Gasteiger partial charge in [-0.3, -0.25) is 9.59 Å². The molecule has 1 spiro atoms. The van der Waals surface area contributed by atoms with E-state index in [9.17, 15) is 18.4 Å². The van der Waals surface area contributed by atoms with Crippen molar-refractivity contribution in [1.29, 1.82) is 0 Å². The summed E-state index contributed by atoms with van der Waals surface area (Å²) in [5.74, 6) is 2.19. The SMILES string of the molecule is O=C(COC(=O)C1CC2CCCC(C1)C21SCCS1)Nc1ccccc1OC(F)F. The van der Waals surface area contributed by atoms with E-state index in [1.165, 1.54) is 36.1 Å². The van der Waals surface area contributed by atoms with Crippen LogP contribution in [0.5, 0.6) is 5.75 Å². The number of esters is 1. The molecule has 4 rings (SSSR count). The normalized spacial score (nSPS) is 27.1. The van der Waals surface area contributed by atoms with Crippen LogP contribution >= 0.6 is 23.5 Å². The molecule has 5 nitrogen and oxygen atoms in total. The Morgan fingerprint density at radius 2 is 1.80 bits per heavy atom. The van der Waals surface area contributed by atoms with Crippen molar-refractivity contribution in [3.8, 4) is 5.75 Å². The van der Waals surface area contributed by atoms with Gasteiger partial charge in [-0.2, -0.15) is 8.78 Å². The van der Waals surface area contributed by atoms with Gasteiger partial charge in [-0.25, -0.2) is 0 Å². The van der Waals surface area contributed by atoms with Gasteiger partial charge in [0.05, 0.1) is 15.7 Å². The minimum absolute atomic E-state index is 0.114. The van der Waals surface area contributed by atoms with Gasteiger partial charge in [-0.15, -0.1) is 23.5 Å². The highest BCUT2D eigenvalue weighted by atomic mass is 32.2. The Morgan fingerprint density at radius 3 is 2.47 bits per heavy atom. The summed E-state index contributed by atoms with van der Waals surface area (Å²) < 4.78 is 35.0. The Hall–Kier alpha value is -1.48. The molecule has 9 heteroatoms. The number of para-hydroxylation sites is 2. The zero-order chi connectivity index (χ0) is 21.1. The molecule has 3 aliphatic rings. The van der Waals surface area contributed by atoms with Crippen LogP contribution in [-0.4, -0.2) is 40.7 Å². The molecule has 2 unspecified atom stereocenters. The molecule has 1 N–H and O–H groups in total. The maximum Gasteiger partial charge on any atom is 0.387 e. The van der Waals surface area contributed by atoms with Crippen LogP contribution in [0, 0.1) is 17.8 Å². The van der Waals surface area contributed by atoms with Gasteiger partial charge >= 0.3 is 12.6 Å². The molecule has 1 aromatic carbocycles. The molecule has 0 radical (unpaired) electrons. The maximum absolute atomic E-state index is 12.7. The molecule has 1 heterocycles. The zero-order valence-electron chi connectivity index (χ0n) is 16.5. The summed E-state index contributed by atoms with van der Waals surface area (Å²) in [6, 6.07) is 5.91. The van der Waals surface area contributed by atoms with Crippen molar-refractivity contribution in [2.75, 3.05) is 23.4 Å². The van der Waals surface area contributed by atoms with Crippen LogP contribution in [-0.2, 0) is 14.3 Å². The van der Waals surface area contributed by atoms with Crippen molar-refractivity contribution in [1.82, 2.24) is 0 Å². The first-order chi connectivity index (χ1) is 14.5. The van der Waals surface area contributed by atoms with Crippen LogP contribution < -0.4 is 10.1 Å². The number of rotatable bonds is 6. The highest BCUT2D eigenvalue weighted by Gasteiger charge is 2.55. The third kappa shape index (κ3) is 4.56. The van der Waals surface area contributed by atoms with E-state index in [-0.39, 0.29) is 27.4 Å². The van der Waals surface area contributed by atoms with Gasteiger partial charge in [0.15, 0.2) is 6.61 Å². The fourth-order valence-electron chi connectivity index (χ4n) is 5.01. The standard InChI is InChI=1S/C21H25F2NO4S2/c22-20(23)28-17-7-2-1-6-16(17)24-18(25)12-27-19(26)13-10-14-4-3-5-15(11-13)21(14)29-8-9-30-21/h1-2,6-7,13-15,20H,3-5,8-12H2,(H,24,25). The second-order valence-corrected chi connectivity index (χ2v) is 10.9. The largest absolute Gasteiger partial charge is 0.455 e. The van der Waals surface area contributed by atoms with E-state index in [1.54, 1.807) is 6.07 Å². The number of hydrogen-bond donors (Lipinski definition) is 1. The van der Waals surface area contributed by atoms with Crippen LogP contribution in [0.15, 0.2) is 24.3 Å². The summed E-state index contributed by atoms with van der Waals surface area (Å²) in [6.45, 7) is -3.44. The van der Waals surface area contributed by atoms with Crippen LogP contribution in [0.25, 0.3) is 0 Å². The average molecular weight is 458 g/mol. The number of thioether (sulfide) groups is 2. The predicted molar refractivity (Wildman–Crippen MR) is 114 cm³/mol. The molecule has 2 saturated carbocycles. The fourth-order valence-corrected chi connectivity index (χ4v) is 8.95. The number of nitrogens with one attached hydrogen (secondary N) is 1. The van der Waals surface area contributed by atoms with Crippen molar-refractivity contribution in [2.24, 2.45) is 17.8 Å². The van der Waals surface area contributed by atoms with Crippen molar-refractivity contribution >= 4 is 41.1 Å². The molecule has 2 bridgehead atoms. The molecule has 1 aromatic rings. The monoisotopic (exact) mass is 457 g/mol. The number of halogens is 2. The van der Waals surface area contributed by atoms with Crippen LogP contribution in [0.4, 0.5) is 14.5 Å². The van der Waals surface area contributed by atoms with Gasteiger partial charge in [0.25, 0.3) is 5.91 Å². The van der Waals surface area contributed by atoms with E-state index in [1.807, 2.05) is 0 Å². The molecule has 1 amide bonds. The molecule has 164 valence electrons. The van der Waals surface area contributed by atoms with Crippen molar-refractivity contribution < 1.29 is 27.8 Å². The van der Waals surface area contributed by atoms with E-state index in [0.717, 1.165) is 25.7 Å². The summed E-state index contributed by atoms with van der Waals surface area (Å²) in [6.07, 6.45) is 5.18. The minimum atomic E-state index is -2.99. The highest BCUT2D eigenvalue weighted by molar-refractivity contribution is 8.21. The van der Waals surface area contributed by atoms with Gasteiger partial charge < -0.3 is 14.8 Å². The van der Waals surface area contributed by atoms with Crippen LogP contribution in [0.1, 0.15) is 32.1 Å². The second kappa shape index (κ2) is 9.34. The molecule has 30 heavy (non-hydrogen) atoms. The molecule has 1 saturated heterocycles. The summed E-state index contributed by atoms with van der Waals surface area (Å²) in [4.78, 5) is 24.9. The van der Waals surface area contributed by atoms with E-state index in [2.05, 4.69) is 33.6 Å².